The fourth-order valence-corrected chi connectivity index (χ4v) is 3.26. The van der Waals surface area contributed by atoms with Gasteiger partial charge in [-0.15, -0.1) is 0 Å². The molecule has 1 saturated heterocycles. The van der Waals surface area contributed by atoms with Crippen LogP contribution in [0.3, 0.4) is 0 Å². The largest absolute Gasteiger partial charge is 0.378 e. The molecule has 0 bridgehead atoms. The van der Waals surface area contributed by atoms with E-state index in [9.17, 15) is 4.79 Å². The van der Waals surface area contributed by atoms with Crippen LogP contribution in [-0.4, -0.2) is 56.9 Å². The van der Waals surface area contributed by atoms with Crippen molar-refractivity contribution in [1.82, 2.24) is 24.7 Å². The van der Waals surface area contributed by atoms with Gasteiger partial charge in [-0.05, 0) is 36.4 Å². The lowest BCUT2D eigenvalue weighted by atomic mass is 10.1. The highest BCUT2D eigenvalue weighted by Gasteiger charge is 2.19. The van der Waals surface area contributed by atoms with Crippen molar-refractivity contribution in [2.75, 3.05) is 26.3 Å². The van der Waals surface area contributed by atoms with Gasteiger partial charge in [-0.25, -0.2) is 4.52 Å². The fourth-order valence-electron chi connectivity index (χ4n) is 3.26. The maximum atomic E-state index is 12.5. The molecule has 1 aromatic carbocycles. The van der Waals surface area contributed by atoms with Crippen LogP contribution in [0.2, 0.25) is 0 Å². The summed E-state index contributed by atoms with van der Waals surface area (Å²) < 4.78 is 12.5. The first-order valence-corrected chi connectivity index (χ1v) is 9.03. The lowest BCUT2D eigenvalue weighted by Crippen LogP contribution is -2.40. The number of hydrogen-bond acceptors (Lipinski definition) is 6. The summed E-state index contributed by atoms with van der Waals surface area (Å²) in [5.41, 5.74) is 3.10. The van der Waals surface area contributed by atoms with Gasteiger partial charge in [-0.2, -0.15) is 10.1 Å². The first-order valence-electron chi connectivity index (χ1n) is 9.03. The van der Waals surface area contributed by atoms with Crippen LogP contribution in [-0.2, 0) is 4.74 Å². The third kappa shape index (κ3) is 2.93. The average molecular weight is 375 g/mol. The number of rotatable bonds is 3. The monoisotopic (exact) mass is 375 g/mol. The summed E-state index contributed by atoms with van der Waals surface area (Å²) in [6, 6.07) is 13.0. The quantitative estimate of drug-likeness (QED) is 0.547. The van der Waals surface area contributed by atoms with E-state index in [1.54, 1.807) is 27.7 Å². The number of benzene rings is 1. The van der Waals surface area contributed by atoms with Crippen LogP contribution in [0.5, 0.6) is 0 Å². The maximum absolute atomic E-state index is 12.5. The first-order chi connectivity index (χ1) is 13.8. The number of hydrogen-bond donors (Lipinski definition) is 0. The molecule has 0 N–H and O–H groups in total. The lowest BCUT2D eigenvalue weighted by molar-refractivity contribution is 0.0303. The van der Waals surface area contributed by atoms with Gasteiger partial charge in [0.25, 0.3) is 11.8 Å². The number of aromatic nitrogens is 4. The highest BCUT2D eigenvalue weighted by Crippen LogP contribution is 2.25. The van der Waals surface area contributed by atoms with Crippen molar-refractivity contribution >= 4 is 11.4 Å². The second-order valence-corrected chi connectivity index (χ2v) is 6.49. The number of amides is 1. The summed E-state index contributed by atoms with van der Waals surface area (Å²) in [6.07, 6.45) is 3.58. The minimum atomic E-state index is 0.00687. The molecule has 8 heteroatoms. The summed E-state index contributed by atoms with van der Waals surface area (Å²) in [5.74, 6) is 0.882. The number of pyridine rings is 1. The highest BCUT2D eigenvalue weighted by atomic mass is 16.5. The van der Waals surface area contributed by atoms with Crippen molar-refractivity contribution in [3.8, 4) is 22.8 Å². The predicted molar refractivity (Wildman–Crippen MR) is 101 cm³/mol. The van der Waals surface area contributed by atoms with Gasteiger partial charge in [0.05, 0.1) is 30.5 Å². The van der Waals surface area contributed by atoms with E-state index in [0.29, 0.717) is 43.6 Å². The smallest absolute Gasteiger partial charge is 0.258 e. The summed E-state index contributed by atoms with van der Waals surface area (Å²) in [6.45, 7) is 2.40. The standard InChI is InChI=1S/C20H17N5O3/c26-20(24-9-11-27-12-10-24)15-6-4-14(5-7-15)19-22-18(23-28-19)16-13-21-25-8-2-1-3-17(16)25/h1-8,13H,9-12H2. The second kappa shape index (κ2) is 6.90. The molecule has 0 atom stereocenters. The van der Waals surface area contributed by atoms with Crippen LogP contribution in [0.25, 0.3) is 28.4 Å². The molecular weight excluding hydrogens is 358 g/mol. The Morgan fingerprint density at radius 1 is 1.04 bits per heavy atom. The molecule has 0 radical (unpaired) electrons. The summed E-state index contributed by atoms with van der Waals surface area (Å²) in [5, 5.41) is 8.38. The molecule has 28 heavy (non-hydrogen) atoms. The molecule has 0 aliphatic carbocycles. The molecule has 1 aliphatic heterocycles. The molecule has 1 aliphatic rings. The molecule has 8 nitrogen and oxygen atoms in total. The number of ether oxygens (including phenoxy) is 1. The number of morpholine rings is 1. The molecule has 3 aromatic heterocycles. The number of carbonyl (C=O) groups excluding carboxylic acids is 1. The molecule has 1 fully saturated rings. The second-order valence-electron chi connectivity index (χ2n) is 6.49. The molecule has 0 saturated carbocycles. The Balaban J connectivity index is 1.39. The van der Waals surface area contributed by atoms with E-state index in [4.69, 9.17) is 9.26 Å². The van der Waals surface area contributed by atoms with Gasteiger partial charge < -0.3 is 14.2 Å². The van der Waals surface area contributed by atoms with E-state index >= 15 is 0 Å². The Bertz CT molecular complexity index is 1130. The van der Waals surface area contributed by atoms with Gasteiger partial charge in [0.2, 0.25) is 5.82 Å². The minimum Gasteiger partial charge on any atom is -0.378 e. The Morgan fingerprint density at radius 3 is 2.68 bits per heavy atom. The number of fused-ring (bicyclic) bond motifs is 1. The zero-order chi connectivity index (χ0) is 18.9. The van der Waals surface area contributed by atoms with Crippen LogP contribution in [0.1, 0.15) is 10.4 Å². The van der Waals surface area contributed by atoms with Gasteiger partial charge >= 0.3 is 0 Å². The van der Waals surface area contributed by atoms with Gasteiger partial charge in [0.1, 0.15) is 0 Å². The average Bonchev–Trinajstić information content (AvgIpc) is 3.41. The van der Waals surface area contributed by atoms with E-state index in [-0.39, 0.29) is 5.91 Å². The Morgan fingerprint density at radius 2 is 1.86 bits per heavy atom. The SMILES string of the molecule is O=C(c1ccc(-c2nc(-c3cnn4ccccc34)no2)cc1)N1CCOCC1. The van der Waals surface area contributed by atoms with Crippen LogP contribution in [0.4, 0.5) is 0 Å². The third-order valence-electron chi connectivity index (χ3n) is 4.77. The summed E-state index contributed by atoms with van der Waals surface area (Å²) in [4.78, 5) is 18.8. The van der Waals surface area contributed by atoms with E-state index in [1.807, 2.05) is 36.5 Å². The molecule has 0 spiro atoms. The van der Waals surface area contributed by atoms with Crippen LogP contribution in [0, 0.1) is 0 Å². The van der Waals surface area contributed by atoms with E-state index in [1.165, 1.54) is 0 Å². The van der Waals surface area contributed by atoms with Crippen molar-refractivity contribution in [3.05, 3.63) is 60.4 Å². The maximum Gasteiger partial charge on any atom is 0.258 e. The zero-order valence-electron chi connectivity index (χ0n) is 15.0. The van der Waals surface area contributed by atoms with Gasteiger partial charge in [-0.1, -0.05) is 11.2 Å². The zero-order valence-corrected chi connectivity index (χ0v) is 15.0. The van der Waals surface area contributed by atoms with Gasteiger partial charge in [-0.3, -0.25) is 4.79 Å². The molecule has 4 aromatic rings. The van der Waals surface area contributed by atoms with Crippen LogP contribution >= 0.6 is 0 Å². The molecule has 1 amide bonds. The van der Waals surface area contributed by atoms with Crippen LogP contribution < -0.4 is 0 Å². The van der Waals surface area contributed by atoms with Crippen molar-refractivity contribution < 1.29 is 14.1 Å². The Hall–Kier alpha value is -3.52. The van der Waals surface area contributed by atoms with Crippen molar-refractivity contribution in [3.63, 3.8) is 0 Å². The van der Waals surface area contributed by atoms with E-state index in [0.717, 1.165) is 16.6 Å². The van der Waals surface area contributed by atoms with Crippen molar-refractivity contribution in [2.24, 2.45) is 0 Å². The normalized spacial score (nSPS) is 14.5. The predicted octanol–water partition coefficient (Wildman–Crippen LogP) is 2.52. The summed E-state index contributed by atoms with van der Waals surface area (Å²) >= 11 is 0. The molecule has 5 rings (SSSR count). The minimum absolute atomic E-state index is 0.00687. The third-order valence-corrected chi connectivity index (χ3v) is 4.77. The first kappa shape index (κ1) is 16.6. The highest BCUT2D eigenvalue weighted by molar-refractivity contribution is 5.94. The van der Waals surface area contributed by atoms with Gasteiger partial charge in [0, 0.05) is 30.4 Å². The van der Waals surface area contributed by atoms with Crippen LogP contribution in [0.15, 0.2) is 59.4 Å². The van der Waals surface area contributed by atoms with Gasteiger partial charge in [0.15, 0.2) is 0 Å². The van der Waals surface area contributed by atoms with Crippen molar-refractivity contribution in [2.45, 2.75) is 0 Å². The van der Waals surface area contributed by atoms with E-state index < -0.39 is 0 Å². The summed E-state index contributed by atoms with van der Waals surface area (Å²) in [7, 11) is 0. The Kier molecular flexibility index (Phi) is 4.10. The molecule has 140 valence electrons. The molecular formula is C20H17N5O3. The Labute approximate surface area is 160 Å². The number of nitrogens with zero attached hydrogens (tertiary/aromatic N) is 5. The lowest BCUT2D eigenvalue weighted by Gasteiger charge is -2.26. The molecule has 0 unspecified atom stereocenters. The van der Waals surface area contributed by atoms with E-state index in [2.05, 4.69) is 15.2 Å². The fraction of sp³-hybridized carbons (Fsp3) is 0.200. The number of carbonyl (C=O) groups is 1. The molecule has 4 heterocycles. The topological polar surface area (TPSA) is 85.8 Å². The van der Waals surface area contributed by atoms with Crippen molar-refractivity contribution in [1.29, 1.82) is 0 Å².